The van der Waals surface area contributed by atoms with E-state index in [0.29, 0.717) is 20.9 Å². The van der Waals surface area contributed by atoms with E-state index >= 15 is 0 Å². The number of halogens is 2. The number of rotatable bonds is 4. The molecule has 2 aromatic carbocycles. The summed E-state index contributed by atoms with van der Waals surface area (Å²) < 4.78 is 0. The van der Waals surface area contributed by atoms with E-state index in [1.807, 2.05) is 11.4 Å². The molecule has 0 saturated heterocycles. The maximum Gasteiger partial charge on any atom is 0.187 e. The zero-order valence-corrected chi connectivity index (χ0v) is 13.9. The number of carbonyl (C=O) groups excluding carboxylic acids is 1. The molecule has 0 saturated carbocycles. The van der Waals surface area contributed by atoms with Crippen molar-refractivity contribution < 1.29 is 9.90 Å². The average Bonchev–Trinajstić information content (AvgIpc) is 2.99. The van der Waals surface area contributed by atoms with Gasteiger partial charge < -0.3 is 15.2 Å². The Bertz CT molecular complexity index is 880. The lowest BCUT2D eigenvalue weighted by atomic mass is 10.2. The predicted octanol–water partition coefficient (Wildman–Crippen LogP) is 4.22. The van der Waals surface area contributed by atoms with Crippen molar-refractivity contribution in [3.8, 4) is 11.3 Å². The lowest BCUT2D eigenvalue weighted by Gasteiger charge is -2.06. The maximum absolute atomic E-state index is 10.9. The Balaban J connectivity index is 1.83. The Labute approximate surface area is 146 Å². The van der Waals surface area contributed by atoms with Gasteiger partial charge in [0.25, 0.3) is 0 Å². The minimum absolute atomic E-state index is 0.108. The third-order valence-corrected chi connectivity index (χ3v) is 4.57. The van der Waals surface area contributed by atoms with Gasteiger partial charge in [0.15, 0.2) is 5.13 Å². The van der Waals surface area contributed by atoms with Crippen LogP contribution in [-0.4, -0.2) is 11.0 Å². The largest absolute Gasteiger partial charge is 0.545 e. The SMILES string of the molecule is O=C([O-])c1cccc(Nc2nc(-c3ccc(Cl)c(Cl)c3)cs2)c1. The third kappa shape index (κ3) is 3.64. The van der Waals surface area contributed by atoms with Gasteiger partial charge in [-0.25, -0.2) is 4.98 Å². The van der Waals surface area contributed by atoms with Gasteiger partial charge in [-0.1, -0.05) is 41.4 Å². The van der Waals surface area contributed by atoms with Crippen LogP contribution in [0.15, 0.2) is 47.8 Å². The zero-order chi connectivity index (χ0) is 16.4. The molecule has 3 aromatic rings. The first kappa shape index (κ1) is 15.8. The lowest BCUT2D eigenvalue weighted by Crippen LogP contribution is -2.22. The molecule has 0 unspecified atom stereocenters. The van der Waals surface area contributed by atoms with Crippen LogP contribution in [0.5, 0.6) is 0 Å². The molecule has 7 heteroatoms. The Morgan fingerprint density at radius 2 is 1.96 bits per heavy atom. The number of thiazole rings is 1. The van der Waals surface area contributed by atoms with Gasteiger partial charge in [-0.05, 0) is 29.8 Å². The predicted molar refractivity (Wildman–Crippen MR) is 91.6 cm³/mol. The molecule has 0 aliphatic heterocycles. The number of carbonyl (C=O) groups is 1. The van der Waals surface area contributed by atoms with E-state index in [1.165, 1.54) is 23.5 Å². The van der Waals surface area contributed by atoms with E-state index in [2.05, 4.69) is 10.3 Å². The number of benzene rings is 2. The number of carboxylic acid groups (broad SMARTS) is 1. The van der Waals surface area contributed by atoms with Crippen LogP contribution in [0.1, 0.15) is 10.4 Å². The molecule has 1 aromatic heterocycles. The number of hydrogen-bond acceptors (Lipinski definition) is 5. The molecule has 0 atom stereocenters. The van der Waals surface area contributed by atoms with Gasteiger partial charge in [0.1, 0.15) is 0 Å². The van der Waals surface area contributed by atoms with Crippen molar-refractivity contribution in [2.45, 2.75) is 0 Å². The summed E-state index contributed by atoms with van der Waals surface area (Å²) in [7, 11) is 0. The molecule has 4 nitrogen and oxygen atoms in total. The van der Waals surface area contributed by atoms with Crippen LogP contribution in [0.25, 0.3) is 11.3 Å². The quantitative estimate of drug-likeness (QED) is 0.753. The number of nitrogens with one attached hydrogen (secondary N) is 1. The van der Waals surface area contributed by atoms with Gasteiger partial charge in [-0.15, -0.1) is 11.3 Å². The molecule has 0 spiro atoms. The highest BCUT2D eigenvalue weighted by atomic mass is 35.5. The summed E-state index contributed by atoms with van der Waals surface area (Å²) in [6.07, 6.45) is 0. The minimum atomic E-state index is -1.22. The molecule has 0 aliphatic rings. The smallest absolute Gasteiger partial charge is 0.187 e. The normalized spacial score (nSPS) is 10.5. The standard InChI is InChI=1S/C16H10Cl2N2O2S/c17-12-5-4-9(7-13(12)18)14-8-23-16(20-14)19-11-3-1-2-10(6-11)15(21)22/h1-8H,(H,19,20)(H,21,22)/p-1. The summed E-state index contributed by atoms with van der Waals surface area (Å²) in [5.74, 6) is -1.22. The highest BCUT2D eigenvalue weighted by Crippen LogP contribution is 2.31. The molecule has 0 bridgehead atoms. The second kappa shape index (κ2) is 6.58. The van der Waals surface area contributed by atoms with Crippen LogP contribution in [0.2, 0.25) is 10.0 Å². The van der Waals surface area contributed by atoms with Crippen LogP contribution in [-0.2, 0) is 0 Å². The van der Waals surface area contributed by atoms with E-state index in [0.717, 1.165) is 11.3 Å². The molecule has 0 aliphatic carbocycles. The van der Waals surface area contributed by atoms with Crippen LogP contribution in [0.4, 0.5) is 10.8 Å². The van der Waals surface area contributed by atoms with Gasteiger partial charge in [0, 0.05) is 16.6 Å². The fourth-order valence-corrected chi connectivity index (χ4v) is 3.00. The average molecular weight is 364 g/mol. The van der Waals surface area contributed by atoms with Crippen molar-refractivity contribution in [3.63, 3.8) is 0 Å². The number of carboxylic acids is 1. The van der Waals surface area contributed by atoms with Gasteiger partial charge in [0.05, 0.1) is 21.7 Å². The summed E-state index contributed by atoms with van der Waals surface area (Å²) >= 11 is 13.3. The van der Waals surface area contributed by atoms with Gasteiger partial charge in [-0.3, -0.25) is 0 Å². The molecule has 0 radical (unpaired) electrons. The van der Waals surface area contributed by atoms with E-state index in [4.69, 9.17) is 23.2 Å². The van der Waals surface area contributed by atoms with Crippen LogP contribution in [0.3, 0.4) is 0 Å². The number of anilines is 2. The molecular formula is C16H9Cl2N2O2S-. The van der Waals surface area contributed by atoms with Crippen molar-refractivity contribution in [1.82, 2.24) is 4.98 Å². The maximum atomic E-state index is 10.9. The zero-order valence-electron chi connectivity index (χ0n) is 11.5. The van der Waals surface area contributed by atoms with E-state index in [9.17, 15) is 9.90 Å². The van der Waals surface area contributed by atoms with Crippen LogP contribution in [0, 0.1) is 0 Å². The number of nitrogens with zero attached hydrogens (tertiary/aromatic N) is 1. The van der Waals surface area contributed by atoms with E-state index < -0.39 is 5.97 Å². The van der Waals surface area contributed by atoms with E-state index in [1.54, 1.807) is 24.3 Å². The first-order valence-corrected chi connectivity index (χ1v) is 8.16. The van der Waals surface area contributed by atoms with Crippen molar-refractivity contribution >= 4 is 51.3 Å². The summed E-state index contributed by atoms with van der Waals surface area (Å²) in [5.41, 5.74) is 2.34. The Kier molecular flexibility index (Phi) is 4.52. The van der Waals surface area contributed by atoms with Crippen LogP contribution < -0.4 is 10.4 Å². The highest BCUT2D eigenvalue weighted by Gasteiger charge is 2.07. The third-order valence-electron chi connectivity index (χ3n) is 3.07. The molecule has 116 valence electrons. The lowest BCUT2D eigenvalue weighted by molar-refractivity contribution is -0.255. The number of aromatic nitrogens is 1. The number of aromatic carboxylic acids is 1. The van der Waals surface area contributed by atoms with E-state index in [-0.39, 0.29) is 5.56 Å². The molecule has 1 N–H and O–H groups in total. The fraction of sp³-hybridized carbons (Fsp3) is 0. The molecule has 0 amide bonds. The fourth-order valence-electron chi connectivity index (χ4n) is 1.97. The second-order valence-electron chi connectivity index (χ2n) is 4.66. The molecule has 1 heterocycles. The Hall–Kier alpha value is -2.08. The first-order valence-electron chi connectivity index (χ1n) is 6.52. The van der Waals surface area contributed by atoms with Gasteiger partial charge in [0.2, 0.25) is 0 Å². The monoisotopic (exact) mass is 363 g/mol. The molecule has 23 heavy (non-hydrogen) atoms. The number of hydrogen-bond donors (Lipinski definition) is 1. The second-order valence-corrected chi connectivity index (χ2v) is 6.33. The van der Waals surface area contributed by atoms with Crippen molar-refractivity contribution in [1.29, 1.82) is 0 Å². The molecule has 3 rings (SSSR count). The molecular weight excluding hydrogens is 355 g/mol. The van der Waals surface area contributed by atoms with Crippen molar-refractivity contribution in [2.24, 2.45) is 0 Å². The summed E-state index contributed by atoms with van der Waals surface area (Å²) in [4.78, 5) is 15.3. The Morgan fingerprint density at radius 1 is 1.13 bits per heavy atom. The molecule has 0 fully saturated rings. The minimum Gasteiger partial charge on any atom is -0.545 e. The van der Waals surface area contributed by atoms with Crippen molar-refractivity contribution in [2.75, 3.05) is 5.32 Å². The van der Waals surface area contributed by atoms with Gasteiger partial charge in [-0.2, -0.15) is 0 Å². The Morgan fingerprint density at radius 3 is 2.70 bits per heavy atom. The topological polar surface area (TPSA) is 65.0 Å². The highest BCUT2D eigenvalue weighted by molar-refractivity contribution is 7.14. The summed E-state index contributed by atoms with van der Waals surface area (Å²) in [6, 6.07) is 11.7. The van der Waals surface area contributed by atoms with Crippen LogP contribution >= 0.6 is 34.5 Å². The summed E-state index contributed by atoms with van der Waals surface area (Å²) in [6.45, 7) is 0. The first-order chi connectivity index (χ1) is 11.0. The summed E-state index contributed by atoms with van der Waals surface area (Å²) in [5, 5.41) is 17.4. The van der Waals surface area contributed by atoms with Gasteiger partial charge >= 0.3 is 0 Å². The van der Waals surface area contributed by atoms with Crippen molar-refractivity contribution in [3.05, 3.63) is 63.5 Å².